The Labute approximate surface area is 84.8 Å². The van der Waals surface area contributed by atoms with Crippen molar-refractivity contribution in [1.82, 2.24) is 4.98 Å². The average molecular weight is 184 g/mol. The van der Waals surface area contributed by atoms with Crippen LogP contribution in [-0.2, 0) is 5.41 Å². The second kappa shape index (κ2) is 3.09. The molecular formula is C13H14N. The molecule has 1 radical (unpaired) electrons. The number of para-hydroxylation sites is 1. The molecule has 2 rings (SSSR count). The molecule has 0 aliphatic carbocycles. The summed E-state index contributed by atoms with van der Waals surface area (Å²) in [6.07, 6.45) is 1.92. The summed E-state index contributed by atoms with van der Waals surface area (Å²) in [6, 6.07) is 11.5. The van der Waals surface area contributed by atoms with Crippen molar-refractivity contribution in [3.63, 3.8) is 0 Å². The van der Waals surface area contributed by atoms with Gasteiger partial charge in [-0.1, -0.05) is 39.0 Å². The van der Waals surface area contributed by atoms with Crippen molar-refractivity contribution in [3.05, 3.63) is 42.1 Å². The van der Waals surface area contributed by atoms with Crippen LogP contribution in [0.15, 0.2) is 30.5 Å². The molecule has 0 bridgehead atoms. The van der Waals surface area contributed by atoms with E-state index < -0.39 is 0 Å². The normalized spacial score (nSPS) is 11.9. The van der Waals surface area contributed by atoms with Crippen LogP contribution in [0, 0.1) is 6.07 Å². The fourth-order valence-electron chi connectivity index (χ4n) is 1.38. The SMILES string of the molecule is CC(C)(C)c1[c]c2ccccc2nc1. The van der Waals surface area contributed by atoms with E-state index in [2.05, 4.69) is 37.9 Å². The van der Waals surface area contributed by atoms with Gasteiger partial charge in [-0.2, -0.15) is 0 Å². The number of nitrogens with zero attached hydrogens (tertiary/aromatic N) is 1. The van der Waals surface area contributed by atoms with E-state index in [-0.39, 0.29) is 5.41 Å². The van der Waals surface area contributed by atoms with Crippen LogP contribution in [0.2, 0.25) is 0 Å². The van der Waals surface area contributed by atoms with Crippen LogP contribution in [-0.4, -0.2) is 4.98 Å². The van der Waals surface area contributed by atoms with E-state index in [1.165, 1.54) is 0 Å². The number of hydrogen-bond donors (Lipinski definition) is 0. The summed E-state index contributed by atoms with van der Waals surface area (Å²) in [5.74, 6) is 0. The van der Waals surface area contributed by atoms with Gasteiger partial charge in [0, 0.05) is 11.6 Å². The van der Waals surface area contributed by atoms with E-state index in [9.17, 15) is 0 Å². The van der Waals surface area contributed by atoms with Gasteiger partial charge in [0.15, 0.2) is 0 Å². The van der Waals surface area contributed by atoms with Crippen molar-refractivity contribution in [1.29, 1.82) is 0 Å². The number of fused-ring (bicyclic) bond motifs is 1. The van der Waals surface area contributed by atoms with Crippen molar-refractivity contribution < 1.29 is 0 Å². The first-order valence-corrected chi connectivity index (χ1v) is 4.85. The lowest BCUT2D eigenvalue weighted by Gasteiger charge is -2.18. The lowest BCUT2D eigenvalue weighted by molar-refractivity contribution is 0.587. The minimum Gasteiger partial charge on any atom is -0.256 e. The molecule has 14 heavy (non-hydrogen) atoms. The highest BCUT2D eigenvalue weighted by molar-refractivity contribution is 5.78. The first kappa shape index (κ1) is 9.20. The minimum absolute atomic E-state index is 0.122. The summed E-state index contributed by atoms with van der Waals surface area (Å²) in [7, 11) is 0. The Hall–Kier alpha value is -1.37. The number of benzene rings is 1. The maximum Gasteiger partial charge on any atom is 0.0708 e. The molecular weight excluding hydrogens is 170 g/mol. The number of pyridine rings is 1. The minimum atomic E-state index is 0.122. The first-order chi connectivity index (χ1) is 6.57. The van der Waals surface area contributed by atoms with Crippen molar-refractivity contribution in [2.75, 3.05) is 0 Å². The van der Waals surface area contributed by atoms with Gasteiger partial charge in [0.1, 0.15) is 0 Å². The maximum absolute atomic E-state index is 4.42. The van der Waals surface area contributed by atoms with Gasteiger partial charge in [-0.15, -0.1) is 0 Å². The predicted octanol–water partition coefficient (Wildman–Crippen LogP) is 3.33. The van der Waals surface area contributed by atoms with E-state index >= 15 is 0 Å². The third-order valence-corrected chi connectivity index (χ3v) is 2.31. The standard InChI is InChI=1S/C13H14N/c1-13(2,3)11-8-10-6-4-5-7-12(10)14-9-11/h4-7,9H,1-3H3. The van der Waals surface area contributed by atoms with Crippen molar-refractivity contribution in [2.45, 2.75) is 26.2 Å². The molecule has 0 aliphatic rings. The summed E-state index contributed by atoms with van der Waals surface area (Å²) < 4.78 is 0. The molecule has 1 heteroatoms. The van der Waals surface area contributed by atoms with Crippen LogP contribution >= 0.6 is 0 Å². The first-order valence-electron chi connectivity index (χ1n) is 4.85. The Morgan fingerprint density at radius 1 is 1.14 bits per heavy atom. The highest BCUT2D eigenvalue weighted by Gasteiger charge is 2.14. The second-order valence-corrected chi connectivity index (χ2v) is 4.56. The lowest BCUT2D eigenvalue weighted by atomic mass is 9.88. The zero-order valence-electron chi connectivity index (χ0n) is 8.83. The molecule has 0 spiro atoms. The zero-order chi connectivity index (χ0) is 10.2. The van der Waals surface area contributed by atoms with Gasteiger partial charge in [-0.05, 0) is 23.1 Å². The van der Waals surface area contributed by atoms with Crippen molar-refractivity contribution in [2.24, 2.45) is 0 Å². The van der Waals surface area contributed by atoms with Crippen LogP contribution < -0.4 is 0 Å². The number of rotatable bonds is 0. The van der Waals surface area contributed by atoms with Gasteiger partial charge >= 0.3 is 0 Å². The topological polar surface area (TPSA) is 12.9 Å². The van der Waals surface area contributed by atoms with Crippen LogP contribution in [0.5, 0.6) is 0 Å². The lowest BCUT2D eigenvalue weighted by Crippen LogP contribution is -2.11. The Balaban J connectivity index is 2.63. The molecule has 0 saturated carbocycles. The van der Waals surface area contributed by atoms with Crippen LogP contribution in [0.3, 0.4) is 0 Å². The Morgan fingerprint density at radius 3 is 2.57 bits per heavy atom. The molecule has 0 fully saturated rings. The van der Waals surface area contributed by atoms with E-state index in [1.807, 2.05) is 24.4 Å². The van der Waals surface area contributed by atoms with Gasteiger partial charge in [0.25, 0.3) is 0 Å². The van der Waals surface area contributed by atoms with Crippen molar-refractivity contribution in [3.8, 4) is 0 Å². The summed E-state index contributed by atoms with van der Waals surface area (Å²) in [4.78, 5) is 4.42. The Morgan fingerprint density at radius 2 is 1.86 bits per heavy atom. The molecule has 0 atom stereocenters. The Bertz CT molecular complexity index is 452. The van der Waals surface area contributed by atoms with E-state index in [0.29, 0.717) is 0 Å². The van der Waals surface area contributed by atoms with Gasteiger partial charge in [-0.25, -0.2) is 0 Å². The third-order valence-electron chi connectivity index (χ3n) is 2.31. The second-order valence-electron chi connectivity index (χ2n) is 4.56. The highest BCUT2D eigenvalue weighted by atomic mass is 14.7. The smallest absolute Gasteiger partial charge is 0.0708 e. The fraction of sp³-hybridized carbons (Fsp3) is 0.308. The van der Waals surface area contributed by atoms with Gasteiger partial charge in [0.2, 0.25) is 0 Å². The molecule has 1 heterocycles. The molecule has 2 aromatic rings. The van der Waals surface area contributed by atoms with E-state index in [4.69, 9.17) is 0 Å². The van der Waals surface area contributed by atoms with Crippen LogP contribution in [0.1, 0.15) is 26.3 Å². The van der Waals surface area contributed by atoms with Gasteiger partial charge in [-0.3, -0.25) is 4.98 Å². The van der Waals surface area contributed by atoms with E-state index in [0.717, 1.165) is 16.5 Å². The molecule has 1 aromatic heterocycles. The summed E-state index contributed by atoms with van der Waals surface area (Å²) in [6.45, 7) is 6.53. The summed E-state index contributed by atoms with van der Waals surface area (Å²) in [5, 5.41) is 1.10. The molecule has 1 nitrogen and oxygen atoms in total. The monoisotopic (exact) mass is 184 g/mol. The average Bonchev–Trinajstić information content (AvgIpc) is 2.16. The van der Waals surface area contributed by atoms with Crippen LogP contribution in [0.4, 0.5) is 0 Å². The molecule has 1 aromatic carbocycles. The molecule has 0 unspecified atom stereocenters. The summed E-state index contributed by atoms with van der Waals surface area (Å²) in [5.41, 5.74) is 2.30. The number of aromatic nitrogens is 1. The third kappa shape index (κ3) is 1.63. The molecule has 71 valence electrons. The maximum atomic E-state index is 4.42. The van der Waals surface area contributed by atoms with Gasteiger partial charge in [0.05, 0.1) is 5.52 Å². The quantitative estimate of drug-likeness (QED) is 0.612. The molecule has 0 aliphatic heterocycles. The highest BCUT2D eigenvalue weighted by Crippen LogP contribution is 2.23. The Kier molecular flexibility index (Phi) is 2.03. The van der Waals surface area contributed by atoms with E-state index in [1.54, 1.807) is 0 Å². The predicted molar refractivity (Wildman–Crippen MR) is 59.3 cm³/mol. The van der Waals surface area contributed by atoms with Gasteiger partial charge < -0.3 is 0 Å². The molecule has 0 amide bonds. The fourth-order valence-corrected chi connectivity index (χ4v) is 1.38. The summed E-state index contributed by atoms with van der Waals surface area (Å²) >= 11 is 0. The van der Waals surface area contributed by atoms with Crippen molar-refractivity contribution >= 4 is 10.9 Å². The zero-order valence-corrected chi connectivity index (χ0v) is 8.83. The van der Waals surface area contributed by atoms with Crippen LogP contribution in [0.25, 0.3) is 10.9 Å². The molecule has 0 saturated heterocycles. The molecule has 0 N–H and O–H groups in total. The largest absolute Gasteiger partial charge is 0.256 e. The number of hydrogen-bond acceptors (Lipinski definition) is 1.